The van der Waals surface area contributed by atoms with E-state index in [4.69, 9.17) is 14.5 Å². The van der Waals surface area contributed by atoms with Gasteiger partial charge in [-0.3, -0.25) is 4.57 Å². The van der Waals surface area contributed by atoms with Crippen LogP contribution in [0.5, 0.6) is 0 Å². The molecule has 0 aliphatic carbocycles. The normalized spacial score (nSPS) is 12.2. The van der Waals surface area contributed by atoms with Crippen molar-refractivity contribution in [2.75, 3.05) is 0 Å². The van der Waals surface area contributed by atoms with Gasteiger partial charge in [-0.25, -0.2) is 14.6 Å². The number of imidazole rings is 1. The van der Waals surface area contributed by atoms with Gasteiger partial charge in [0, 0.05) is 12.1 Å². The van der Waals surface area contributed by atoms with Gasteiger partial charge in [0.05, 0.1) is 11.0 Å². The number of alkyl carbamates (subject to hydrolysis) is 1. The fourth-order valence-electron chi connectivity index (χ4n) is 3.91. The Hall–Kier alpha value is -4.13. The molecule has 1 amide bonds. The molecule has 0 saturated carbocycles. The van der Waals surface area contributed by atoms with Crippen LogP contribution in [0.1, 0.15) is 38.6 Å². The van der Waals surface area contributed by atoms with Crippen molar-refractivity contribution in [1.29, 1.82) is 0 Å². The van der Waals surface area contributed by atoms with Crippen LogP contribution in [0.4, 0.5) is 4.79 Å². The Morgan fingerprint density at radius 1 is 0.917 bits per heavy atom. The molecule has 4 rings (SSSR count). The van der Waals surface area contributed by atoms with Crippen LogP contribution in [0.2, 0.25) is 0 Å². The number of aromatic nitrogens is 2. The number of para-hydroxylation sites is 3. The van der Waals surface area contributed by atoms with Gasteiger partial charge in [-0.1, -0.05) is 60.7 Å². The fraction of sp³-hybridized carbons (Fsp3) is 0.276. The van der Waals surface area contributed by atoms with E-state index in [2.05, 4.69) is 9.88 Å². The van der Waals surface area contributed by atoms with Crippen LogP contribution in [-0.4, -0.2) is 33.3 Å². The number of carbonyl (C=O) groups excluding carboxylic acids is 2. The Morgan fingerprint density at radius 3 is 2.25 bits per heavy atom. The summed E-state index contributed by atoms with van der Waals surface area (Å²) in [5.41, 5.74) is 2.99. The predicted octanol–water partition coefficient (Wildman–Crippen LogP) is 5.59. The number of benzene rings is 3. The zero-order valence-corrected chi connectivity index (χ0v) is 20.8. The lowest BCUT2D eigenvalue weighted by Gasteiger charge is -2.23. The molecule has 1 aromatic heterocycles. The van der Waals surface area contributed by atoms with Crippen molar-refractivity contribution >= 4 is 23.1 Å². The first-order valence-electron chi connectivity index (χ1n) is 12.0. The van der Waals surface area contributed by atoms with Gasteiger partial charge >= 0.3 is 12.1 Å². The first-order chi connectivity index (χ1) is 17.3. The first-order valence-corrected chi connectivity index (χ1v) is 12.0. The van der Waals surface area contributed by atoms with Gasteiger partial charge in [0.25, 0.3) is 0 Å². The van der Waals surface area contributed by atoms with Crippen LogP contribution in [0.3, 0.4) is 0 Å². The molecular formula is C29H31N3O4. The molecule has 1 atom stereocenters. The maximum atomic E-state index is 13.0. The second-order valence-electron chi connectivity index (χ2n) is 9.52. The summed E-state index contributed by atoms with van der Waals surface area (Å²) in [5, 5.41) is 2.70. The molecule has 0 aliphatic heterocycles. The molecule has 0 radical (unpaired) electrons. The molecule has 186 valence electrons. The third kappa shape index (κ3) is 6.50. The number of nitrogens with zero attached hydrogens (tertiary/aromatic N) is 2. The Kier molecular flexibility index (Phi) is 7.68. The average Bonchev–Trinajstić information content (AvgIpc) is 3.23. The number of amides is 1. The molecule has 0 spiro atoms. The third-order valence-electron chi connectivity index (χ3n) is 5.50. The van der Waals surface area contributed by atoms with Crippen molar-refractivity contribution in [2.45, 2.75) is 51.9 Å². The molecule has 7 heteroatoms. The summed E-state index contributed by atoms with van der Waals surface area (Å²) in [7, 11) is 0. The first kappa shape index (κ1) is 25.0. The number of hydrogen-bond donors (Lipinski definition) is 1. The Balaban J connectivity index is 1.55. The summed E-state index contributed by atoms with van der Waals surface area (Å²) < 4.78 is 13.0. The summed E-state index contributed by atoms with van der Waals surface area (Å²) in [4.78, 5) is 30.4. The van der Waals surface area contributed by atoms with Crippen molar-refractivity contribution < 1.29 is 19.1 Å². The monoisotopic (exact) mass is 485 g/mol. The maximum absolute atomic E-state index is 13.0. The number of fused-ring (bicyclic) bond motifs is 1. The van der Waals surface area contributed by atoms with Gasteiger partial charge < -0.3 is 14.8 Å². The van der Waals surface area contributed by atoms with E-state index >= 15 is 0 Å². The summed E-state index contributed by atoms with van der Waals surface area (Å²) >= 11 is 0. The van der Waals surface area contributed by atoms with Crippen LogP contribution in [0, 0.1) is 0 Å². The van der Waals surface area contributed by atoms with E-state index in [0.717, 1.165) is 28.1 Å². The number of aryl methyl sites for hydroxylation is 1. The highest BCUT2D eigenvalue weighted by Crippen LogP contribution is 2.23. The lowest BCUT2D eigenvalue weighted by atomic mass is 10.1. The van der Waals surface area contributed by atoms with E-state index in [1.54, 1.807) is 20.8 Å². The summed E-state index contributed by atoms with van der Waals surface area (Å²) in [6.07, 6.45) is 0.0637. The van der Waals surface area contributed by atoms with Gasteiger partial charge in [0.2, 0.25) is 0 Å². The predicted molar refractivity (Wildman–Crippen MR) is 139 cm³/mol. The highest BCUT2D eigenvalue weighted by atomic mass is 16.6. The Morgan fingerprint density at radius 2 is 1.56 bits per heavy atom. The fourth-order valence-corrected chi connectivity index (χ4v) is 3.91. The van der Waals surface area contributed by atoms with Crippen molar-refractivity contribution in [3.63, 3.8) is 0 Å². The highest BCUT2D eigenvalue weighted by Gasteiger charge is 2.26. The second kappa shape index (κ2) is 11.1. The topological polar surface area (TPSA) is 82.5 Å². The molecule has 0 unspecified atom stereocenters. The van der Waals surface area contributed by atoms with Gasteiger partial charge in [0.1, 0.15) is 24.1 Å². The molecule has 0 aliphatic rings. The summed E-state index contributed by atoms with van der Waals surface area (Å²) in [5.74, 6) is 0.265. The minimum absolute atomic E-state index is 0.120. The molecule has 0 saturated heterocycles. The largest absolute Gasteiger partial charge is 0.459 e. The van der Waals surface area contributed by atoms with Gasteiger partial charge in [0.15, 0.2) is 0 Å². The minimum atomic E-state index is -0.896. The number of hydrogen-bond acceptors (Lipinski definition) is 5. The third-order valence-corrected chi connectivity index (χ3v) is 5.50. The Bertz CT molecular complexity index is 1310. The summed E-state index contributed by atoms with van der Waals surface area (Å²) in [6, 6.07) is 26.4. The van der Waals surface area contributed by atoms with Crippen molar-refractivity contribution in [2.24, 2.45) is 0 Å². The van der Waals surface area contributed by atoms with E-state index in [-0.39, 0.29) is 6.61 Å². The molecule has 0 fully saturated rings. The molecule has 1 N–H and O–H groups in total. The number of nitrogens with one attached hydrogen (secondary N) is 1. The Labute approximate surface area is 211 Å². The SMILES string of the molecule is CC(C)(C)OC(=O)N[C@@H](CCc1nc2ccccc2n1-c1ccccc1)C(=O)OCc1ccccc1. The summed E-state index contributed by atoms with van der Waals surface area (Å²) in [6.45, 7) is 5.45. The number of carbonyl (C=O) groups is 2. The smallest absolute Gasteiger partial charge is 0.408 e. The lowest BCUT2D eigenvalue weighted by Crippen LogP contribution is -2.44. The van der Waals surface area contributed by atoms with Crippen molar-refractivity contribution in [3.8, 4) is 5.69 Å². The number of rotatable bonds is 8. The minimum Gasteiger partial charge on any atom is -0.459 e. The van der Waals surface area contributed by atoms with E-state index in [1.807, 2.05) is 84.9 Å². The highest BCUT2D eigenvalue weighted by molar-refractivity contribution is 5.81. The number of ether oxygens (including phenoxy) is 2. The van der Waals surface area contributed by atoms with Gasteiger partial charge in [-0.2, -0.15) is 0 Å². The standard InChI is InChI=1S/C29H31N3O4/c1-29(2,3)36-28(34)31-24(27(33)35-20-21-12-6-4-7-13-21)18-19-26-30-23-16-10-11-17-25(23)32(26)22-14-8-5-9-15-22/h4-17,24H,18-20H2,1-3H3,(H,31,34)/t24-/m0/s1. The van der Waals surface area contributed by atoms with Crippen LogP contribution < -0.4 is 5.32 Å². The van der Waals surface area contributed by atoms with Crippen molar-refractivity contribution in [3.05, 3.63) is 96.3 Å². The number of esters is 1. The van der Waals surface area contributed by atoms with Crippen LogP contribution in [0.15, 0.2) is 84.9 Å². The molecular weight excluding hydrogens is 454 g/mol. The van der Waals surface area contributed by atoms with Gasteiger partial charge in [-0.15, -0.1) is 0 Å². The van der Waals surface area contributed by atoms with E-state index in [1.165, 1.54) is 0 Å². The maximum Gasteiger partial charge on any atom is 0.408 e. The van der Waals surface area contributed by atoms with Crippen LogP contribution in [-0.2, 0) is 27.3 Å². The zero-order valence-electron chi connectivity index (χ0n) is 20.8. The quantitative estimate of drug-likeness (QED) is 0.329. The molecule has 7 nitrogen and oxygen atoms in total. The van der Waals surface area contributed by atoms with Crippen LogP contribution in [0.25, 0.3) is 16.7 Å². The average molecular weight is 486 g/mol. The van der Waals surface area contributed by atoms with E-state index in [0.29, 0.717) is 12.8 Å². The lowest BCUT2D eigenvalue weighted by molar-refractivity contribution is -0.147. The van der Waals surface area contributed by atoms with Crippen LogP contribution >= 0.6 is 0 Å². The van der Waals surface area contributed by atoms with E-state index < -0.39 is 23.7 Å². The van der Waals surface area contributed by atoms with Crippen molar-refractivity contribution in [1.82, 2.24) is 14.9 Å². The zero-order chi connectivity index (χ0) is 25.5. The second-order valence-corrected chi connectivity index (χ2v) is 9.52. The molecule has 3 aromatic carbocycles. The molecule has 0 bridgehead atoms. The molecule has 36 heavy (non-hydrogen) atoms. The molecule has 4 aromatic rings. The van der Waals surface area contributed by atoms with Gasteiger partial charge in [-0.05, 0) is 57.0 Å². The van der Waals surface area contributed by atoms with E-state index in [9.17, 15) is 9.59 Å². The molecule has 1 heterocycles.